The fraction of sp³-hybridized carbons (Fsp3) is 0.391. The lowest BCUT2D eigenvalue weighted by Crippen LogP contribution is -2.25. The Bertz CT molecular complexity index is 849. The van der Waals surface area contributed by atoms with Gasteiger partial charge in [-0.15, -0.1) is 0 Å². The number of rotatable bonds is 8. The van der Waals surface area contributed by atoms with E-state index in [1.165, 1.54) is 14.2 Å². The lowest BCUT2D eigenvalue weighted by molar-refractivity contribution is -0.122. The highest BCUT2D eigenvalue weighted by Crippen LogP contribution is 2.33. The lowest BCUT2D eigenvalue weighted by Gasteiger charge is -2.20. The molecule has 6 nitrogen and oxygen atoms in total. The first kappa shape index (κ1) is 22.3. The Balaban J connectivity index is 2.31. The standard InChI is InChI=1S/C23H30N2O4/c1-14(2)17-8-7-9-18(15(3)4)22(17)25-23(27)16-10-11-19(20(12-16)28-6)29-13-21(26)24-5/h7-12,14-15H,13H2,1-6H3,(H,24,26)(H,25,27). The zero-order chi connectivity index (χ0) is 21.6. The molecule has 0 fully saturated rings. The number of hydrogen-bond donors (Lipinski definition) is 2. The molecule has 6 heteroatoms. The molecule has 2 aromatic carbocycles. The Morgan fingerprint density at radius 3 is 2.10 bits per heavy atom. The largest absolute Gasteiger partial charge is 0.493 e. The van der Waals surface area contributed by atoms with E-state index in [0.29, 0.717) is 17.1 Å². The van der Waals surface area contributed by atoms with Gasteiger partial charge in [0.15, 0.2) is 18.1 Å². The molecule has 156 valence electrons. The molecule has 0 radical (unpaired) electrons. The quantitative estimate of drug-likeness (QED) is 0.694. The Morgan fingerprint density at radius 1 is 0.966 bits per heavy atom. The van der Waals surface area contributed by atoms with Gasteiger partial charge >= 0.3 is 0 Å². The van der Waals surface area contributed by atoms with Crippen molar-refractivity contribution in [3.05, 3.63) is 53.1 Å². The van der Waals surface area contributed by atoms with E-state index in [1.807, 2.05) is 18.2 Å². The van der Waals surface area contributed by atoms with Crippen molar-refractivity contribution in [2.45, 2.75) is 39.5 Å². The van der Waals surface area contributed by atoms with Crippen molar-refractivity contribution >= 4 is 17.5 Å². The zero-order valence-electron chi connectivity index (χ0n) is 18.0. The second-order valence-electron chi connectivity index (χ2n) is 7.40. The SMILES string of the molecule is CNC(=O)COc1ccc(C(=O)Nc2c(C(C)C)cccc2C(C)C)cc1OC. The Labute approximate surface area is 172 Å². The number of benzene rings is 2. The highest BCUT2D eigenvalue weighted by Gasteiger charge is 2.18. The average Bonchev–Trinajstić information content (AvgIpc) is 2.71. The van der Waals surface area contributed by atoms with Crippen molar-refractivity contribution in [3.8, 4) is 11.5 Å². The van der Waals surface area contributed by atoms with Gasteiger partial charge in [0.05, 0.1) is 7.11 Å². The molecular weight excluding hydrogens is 368 g/mol. The van der Waals surface area contributed by atoms with E-state index in [2.05, 4.69) is 38.3 Å². The van der Waals surface area contributed by atoms with Crippen molar-refractivity contribution in [2.24, 2.45) is 0 Å². The van der Waals surface area contributed by atoms with Gasteiger partial charge in [-0.1, -0.05) is 45.9 Å². The summed E-state index contributed by atoms with van der Waals surface area (Å²) in [7, 11) is 3.03. The van der Waals surface area contributed by atoms with Gasteiger partial charge in [-0.25, -0.2) is 0 Å². The molecule has 0 saturated carbocycles. The summed E-state index contributed by atoms with van der Waals surface area (Å²) in [6, 6.07) is 11.0. The van der Waals surface area contributed by atoms with Crippen LogP contribution in [0.25, 0.3) is 0 Å². The van der Waals surface area contributed by atoms with Crippen molar-refractivity contribution in [3.63, 3.8) is 0 Å². The lowest BCUT2D eigenvalue weighted by atomic mass is 9.92. The van der Waals surface area contributed by atoms with Crippen LogP contribution in [0.3, 0.4) is 0 Å². The van der Waals surface area contributed by atoms with Gasteiger partial charge in [0.2, 0.25) is 0 Å². The van der Waals surface area contributed by atoms with Crippen molar-refractivity contribution in [1.29, 1.82) is 0 Å². The van der Waals surface area contributed by atoms with Gasteiger partial charge in [-0.3, -0.25) is 9.59 Å². The summed E-state index contributed by atoms with van der Waals surface area (Å²) in [4.78, 5) is 24.4. The monoisotopic (exact) mass is 398 g/mol. The van der Waals surface area contributed by atoms with Gasteiger partial charge in [0.25, 0.3) is 11.8 Å². The fourth-order valence-corrected chi connectivity index (χ4v) is 3.02. The molecule has 0 aliphatic heterocycles. The summed E-state index contributed by atoms with van der Waals surface area (Å²) in [6.45, 7) is 8.30. The molecule has 0 atom stereocenters. The Morgan fingerprint density at radius 2 is 1.59 bits per heavy atom. The molecule has 0 spiro atoms. The number of anilines is 1. The fourth-order valence-electron chi connectivity index (χ4n) is 3.02. The number of para-hydroxylation sites is 1. The summed E-state index contributed by atoms with van der Waals surface area (Å²) >= 11 is 0. The molecule has 2 aromatic rings. The summed E-state index contributed by atoms with van der Waals surface area (Å²) in [5.74, 6) is 0.871. The van der Waals surface area contributed by atoms with E-state index in [-0.39, 0.29) is 30.3 Å². The molecule has 2 amide bonds. The molecule has 0 aromatic heterocycles. The van der Waals surface area contributed by atoms with E-state index in [4.69, 9.17) is 9.47 Å². The second-order valence-corrected chi connectivity index (χ2v) is 7.40. The third-order valence-corrected chi connectivity index (χ3v) is 4.67. The molecule has 2 rings (SSSR count). The normalized spacial score (nSPS) is 10.8. The molecule has 0 heterocycles. The van der Waals surface area contributed by atoms with Gasteiger partial charge in [-0.2, -0.15) is 0 Å². The maximum absolute atomic E-state index is 13.0. The maximum atomic E-state index is 13.0. The number of hydrogen-bond acceptors (Lipinski definition) is 4. The first-order chi connectivity index (χ1) is 13.8. The van der Waals surface area contributed by atoms with E-state index < -0.39 is 0 Å². The minimum Gasteiger partial charge on any atom is -0.493 e. The van der Waals surface area contributed by atoms with E-state index in [9.17, 15) is 9.59 Å². The van der Waals surface area contributed by atoms with Gasteiger partial charge in [0, 0.05) is 18.3 Å². The Kier molecular flexibility index (Phi) is 7.65. The van der Waals surface area contributed by atoms with Crippen LogP contribution in [0.4, 0.5) is 5.69 Å². The van der Waals surface area contributed by atoms with Crippen LogP contribution in [-0.4, -0.2) is 32.6 Å². The predicted octanol–water partition coefficient (Wildman–Crippen LogP) is 4.32. The predicted molar refractivity (Wildman–Crippen MR) is 115 cm³/mol. The molecule has 0 bridgehead atoms. The van der Waals surface area contributed by atoms with E-state index in [1.54, 1.807) is 18.2 Å². The summed E-state index contributed by atoms with van der Waals surface area (Å²) in [5, 5.41) is 5.58. The smallest absolute Gasteiger partial charge is 0.257 e. The van der Waals surface area contributed by atoms with E-state index in [0.717, 1.165) is 16.8 Å². The number of likely N-dealkylation sites (N-methyl/N-ethyl adjacent to an activating group) is 1. The van der Waals surface area contributed by atoms with Crippen LogP contribution in [0, 0.1) is 0 Å². The minimum absolute atomic E-state index is 0.127. The number of carbonyl (C=O) groups excluding carboxylic acids is 2. The first-order valence-electron chi connectivity index (χ1n) is 9.74. The number of amides is 2. The second kappa shape index (κ2) is 9.96. The van der Waals surface area contributed by atoms with Crippen LogP contribution in [-0.2, 0) is 4.79 Å². The van der Waals surface area contributed by atoms with Crippen molar-refractivity contribution in [2.75, 3.05) is 26.1 Å². The third-order valence-electron chi connectivity index (χ3n) is 4.67. The summed E-state index contributed by atoms with van der Waals surface area (Å²) in [6.07, 6.45) is 0. The highest BCUT2D eigenvalue weighted by molar-refractivity contribution is 6.05. The third kappa shape index (κ3) is 5.50. The molecular formula is C23H30N2O4. The first-order valence-corrected chi connectivity index (χ1v) is 9.74. The Hall–Kier alpha value is -3.02. The van der Waals surface area contributed by atoms with Crippen LogP contribution in [0.15, 0.2) is 36.4 Å². The highest BCUT2D eigenvalue weighted by atomic mass is 16.5. The molecule has 0 aliphatic rings. The van der Waals surface area contributed by atoms with Crippen LogP contribution in [0.1, 0.15) is 61.0 Å². The van der Waals surface area contributed by atoms with Crippen molar-refractivity contribution in [1.82, 2.24) is 5.32 Å². The molecule has 0 unspecified atom stereocenters. The maximum Gasteiger partial charge on any atom is 0.257 e. The van der Waals surface area contributed by atoms with Crippen molar-refractivity contribution < 1.29 is 19.1 Å². The average molecular weight is 399 g/mol. The number of nitrogens with one attached hydrogen (secondary N) is 2. The van der Waals surface area contributed by atoms with E-state index >= 15 is 0 Å². The number of methoxy groups -OCH3 is 1. The summed E-state index contributed by atoms with van der Waals surface area (Å²) < 4.78 is 10.8. The van der Waals surface area contributed by atoms with Crippen LogP contribution < -0.4 is 20.1 Å². The van der Waals surface area contributed by atoms with Gasteiger partial charge in [-0.05, 0) is 41.2 Å². The van der Waals surface area contributed by atoms with Crippen LogP contribution in [0.5, 0.6) is 11.5 Å². The van der Waals surface area contributed by atoms with Gasteiger partial charge < -0.3 is 20.1 Å². The number of carbonyl (C=O) groups is 2. The molecule has 2 N–H and O–H groups in total. The number of ether oxygens (including phenoxy) is 2. The molecule has 0 aliphatic carbocycles. The molecule has 0 saturated heterocycles. The zero-order valence-corrected chi connectivity index (χ0v) is 18.0. The minimum atomic E-state index is -0.250. The van der Waals surface area contributed by atoms with Gasteiger partial charge in [0.1, 0.15) is 0 Å². The topological polar surface area (TPSA) is 76.7 Å². The summed E-state index contributed by atoms with van der Waals surface area (Å²) in [5.41, 5.74) is 3.51. The van der Waals surface area contributed by atoms with Crippen LogP contribution >= 0.6 is 0 Å². The van der Waals surface area contributed by atoms with Crippen LogP contribution in [0.2, 0.25) is 0 Å². The molecule has 29 heavy (non-hydrogen) atoms.